The summed E-state index contributed by atoms with van der Waals surface area (Å²) in [5.41, 5.74) is 0. The van der Waals surface area contributed by atoms with Gasteiger partial charge in [0.05, 0.1) is 0 Å². The van der Waals surface area contributed by atoms with Gasteiger partial charge in [0.25, 0.3) is 0 Å². The molecule has 0 N–H and O–H groups in total. The molecule has 0 amide bonds. The van der Waals surface area contributed by atoms with Crippen LogP contribution in [0.4, 0.5) is 0 Å². The molecular weight excluding hydrogens is 232 g/mol. The zero-order valence-corrected chi connectivity index (χ0v) is 7.62. The van der Waals surface area contributed by atoms with Crippen LogP contribution in [0.5, 0.6) is 0 Å². The Kier molecular flexibility index (Phi) is 88.2. The molecule has 0 saturated heterocycles. The third kappa shape index (κ3) is 273. The Balaban J connectivity index is -0.0000000483. The van der Waals surface area contributed by atoms with Crippen molar-refractivity contribution in [1.29, 1.82) is 0 Å². The Morgan fingerprint density at radius 3 is 0.750 bits per heavy atom. The van der Waals surface area contributed by atoms with Gasteiger partial charge in [-0.1, -0.05) is 0 Å². The summed E-state index contributed by atoms with van der Waals surface area (Å²) >= 11 is -2.00. The van der Waals surface area contributed by atoms with E-state index in [1.165, 1.54) is 0 Å². The summed E-state index contributed by atoms with van der Waals surface area (Å²) in [5.74, 6) is 0. The van der Waals surface area contributed by atoms with Crippen molar-refractivity contribution < 1.29 is 71.3 Å². The van der Waals surface area contributed by atoms with E-state index in [1.54, 1.807) is 0 Å². The minimum atomic E-state index is -2.00. The van der Waals surface area contributed by atoms with Crippen molar-refractivity contribution >= 4 is 0 Å². The summed E-state index contributed by atoms with van der Waals surface area (Å²) in [5, 5.41) is 0. The maximum absolute atomic E-state index is 8.50. The van der Waals surface area contributed by atoms with E-state index in [-0.39, 0.29) is 0 Å². The molecule has 0 aliphatic rings. The molecule has 0 aliphatic heterocycles. The second-order valence-corrected chi connectivity index (χ2v) is 0.687. The normalized spacial score (nSPS) is 2.62. The van der Waals surface area contributed by atoms with Crippen LogP contribution >= 0.6 is 0 Å². The molecule has 0 aliphatic carbocycles. The molecular formula is FeO5Ti2. The van der Waals surface area contributed by atoms with Gasteiger partial charge >= 0.3 is 71.3 Å². The van der Waals surface area contributed by atoms with E-state index >= 15 is 0 Å². The van der Waals surface area contributed by atoms with E-state index in [4.69, 9.17) is 17.1 Å². The fourth-order valence-corrected chi connectivity index (χ4v) is 0. The molecule has 8 heteroatoms. The Morgan fingerprint density at radius 1 is 0.750 bits per heavy atom. The standard InChI is InChI=1S/Fe.5O.2Ti. The van der Waals surface area contributed by atoms with Crippen LogP contribution in [0.25, 0.3) is 0 Å². The Bertz CT molecular complexity index is 74.6. The van der Waals surface area contributed by atoms with E-state index in [0.29, 0.717) is 0 Å². The summed E-state index contributed by atoms with van der Waals surface area (Å²) in [6, 6.07) is 0. The summed E-state index contributed by atoms with van der Waals surface area (Å²) in [4.78, 5) is 0. The second-order valence-electron chi connectivity index (χ2n) is 0.167. The fourth-order valence-electron chi connectivity index (χ4n) is 0. The Morgan fingerprint density at radius 2 is 0.750 bits per heavy atom. The third-order valence-electron chi connectivity index (χ3n) is 0. The quantitative estimate of drug-likeness (QED) is 0.520. The van der Waals surface area contributed by atoms with Gasteiger partial charge in [-0.05, 0) is 0 Å². The maximum atomic E-state index is 8.50. The number of rotatable bonds is 0. The van der Waals surface area contributed by atoms with Crippen molar-refractivity contribution in [3.8, 4) is 0 Å². The number of hydrogen-bond acceptors (Lipinski definition) is 5. The molecule has 0 radical (unpaired) electrons. The molecule has 0 aromatic rings. The first kappa shape index (κ1) is 16.0. The van der Waals surface area contributed by atoms with Crippen LogP contribution in [0.1, 0.15) is 0 Å². The molecule has 0 unspecified atom stereocenters. The summed E-state index contributed by atoms with van der Waals surface area (Å²) in [7, 11) is 0. The second kappa shape index (κ2) is 44.1. The van der Waals surface area contributed by atoms with Gasteiger partial charge in [-0.3, -0.25) is 0 Å². The first-order valence-corrected chi connectivity index (χ1v) is 3.96. The van der Waals surface area contributed by atoms with Crippen LogP contribution in [-0.4, -0.2) is 0 Å². The Labute approximate surface area is 70.8 Å². The van der Waals surface area contributed by atoms with Gasteiger partial charge in [0.1, 0.15) is 0 Å². The topological polar surface area (TPSA) is 85.3 Å². The van der Waals surface area contributed by atoms with Crippen LogP contribution in [-0.2, 0) is 71.3 Å². The van der Waals surface area contributed by atoms with Crippen LogP contribution in [0, 0.1) is 0 Å². The average Bonchev–Trinajstić information content (AvgIpc) is 1.75. The van der Waals surface area contributed by atoms with Gasteiger partial charge in [-0.25, -0.2) is 0 Å². The summed E-state index contributed by atoms with van der Waals surface area (Å²) in [6.07, 6.45) is 0. The molecule has 5 nitrogen and oxygen atoms in total. The summed E-state index contributed by atoms with van der Waals surface area (Å²) in [6.45, 7) is 0. The predicted molar refractivity (Wildman–Crippen MR) is 3.43 cm³/mol. The molecule has 0 rings (SSSR count). The van der Waals surface area contributed by atoms with Gasteiger partial charge in [0.15, 0.2) is 0 Å². The predicted octanol–water partition coefficient (Wildman–Crippen LogP) is -0.602. The first-order chi connectivity index (χ1) is 3.83. The van der Waals surface area contributed by atoms with Gasteiger partial charge < -0.3 is 0 Å². The molecule has 0 heterocycles. The van der Waals surface area contributed by atoms with Crippen LogP contribution in [0.3, 0.4) is 0 Å². The first-order valence-electron chi connectivity index (χ1n) is 0.961. The molecule has 0 saturated carbocycles. The van der Waals surface area contributed by atoms with Crippen molar-refractivity contribution in [2.45, 2.75) is 0 Å². The van der Waals surface area contributed by atoms with E-state index in [0.717, 1.165) is 0 Å². The van der Waals surface area contributed by atoms with E-state index in [1.807, 2.05) is 15.9 Å². The van der Waals surface area contributed by atoms with Crippen LogP contribution in [0.15, 0.2) is 0 Å². The zero-order chi connectivity index (χ0) is 7.41. The van der Waals surface area contributed by atoms with Crippen LogP contribution < -0.4 is 0 Å². The van der Waals surface area contributed by atoms with Crippen molar-refractivity contribution in [1.82, 2.24) is 0 Å². The molecule has 0 aromatic carbocycles. The molecule has 0 bridgehead atoms. The van der Waals surface area contributed by atoms with Gasteiger partial charge in [0, 0.05) is 0 Å². The summed E-state index contributed by atoms with van der Waals surface area (Å²) < 4.78 is 42.0. The van der Waals surface area contributed by atoms with Gasteiger partial charge in [-0.15, -0.1) is 0 Å². The minimum absolute atomic E-state index is 2.00. The SMILES string of the molecule is [O]=[Fe].[O]=[Ti]=[O].[O]=[Ti]=[O]. The van der Waals surface area contributed by atoms with Gasteiger partial charge in [-0.2, -0.15) is 0 Å². The molecule has 46 valence electrons. The monoisotopic (exact) mass is 232 g/mol. The van der Waals surface area contributed by atoms with Crippen molar-refractivity contribution in [3.63, 3.8) is 0 Å². The molecule has 0 fully saturated rings. The fraction of sp³-hybridized carbons (Fsp3) is 0. The van der Waals surface area contributed by atoms with Crippen molar-refractivity contribution in [3.05, 3.63) is 0 Å². The van der Waals surface area contributed by atoms with Crippen molar-refractivity contribution in [2.24, 2.45) is 0 Å². The zero-order valence-electron chi connectivity index (χ0n) is 3.39. The van der Waals surface area contributed by atoms with Gasteiger partial charge in [0.2, 0.25) is 0 Å². The van der Waals surface area contributed by atoms with Crippen molar-refractivity contribution in [2.75, 3.05) is 0 Å². The average molecular weight is 232 g/mol. The van der Waals surface area contributed by atoms with Crippen LogP contribution in [0.2, 0.25) is 0 Å². The van der Waals surface area contributed by atoms with E-state index < -0.39 is 38.2 Å². The molecule has 8 heavy (non-hydrogen) atoms. The number of hydrogen-bond donors (Lipinski definition) is 0. The molecule has 0 atom stereocenters. The molecule has 0 spiro atoms. The third-order valence-corrected chi connectivity index (χ3v) is 0. The van der Waals surface area contributed by atoms with E-state index in [9.17, 15) is 0 Å². The Hall–Kier alpha value is 0.948. The van der Waals surface area contributed by atoms with E-state index in [2.05, 4.69) is 0 Å². The molecule has 0 aromatic heterocycles.